The first kappa shape index (κ1) is 31.0. The molecule has 1 fully saturated rings. The van der Waals surface area contributed by atoms with E-state index in [-0.39, 0.29) is 21.7 Å². The van der Waals surface area contributed by atoms with Gasteiger partial charge in [0.25, 0.3) is 0 Å². The van der Waals surface area contributed by atoms with Crippen LogP contribution in [0.4, 0.5) is 4.39 Å². The number of amides is 1. The molecule has 3 aliphatic rings. The van der Waals surface area contributed by atoms with Gasteiger partial charge in [0, 0.05) is 0 Å². The number of carbonyl (C=O) groups is 3. The molecule has 0 aliphatic heterocycles. The quantitative estimate of drug-likeness (QED) is 0.193. The number of primary amides is 1. The fourth-order valence-corrected chi connectivity index (χ4v) is 7.91. The van der Waals surface area contributed by atoms with Crippen LogP contribution in [0.3, 0.4) is 0 Å². The van der Waals surface area contributed by atoms with Gasteiger partial charge < -0.3 is 0 Å². The van der Waals surface area contributed by atoms with Crippen LogP contribution in [0.2, 0.25) is 0 Å². The van der Waals surface area contributed by atoms with Gasteiger partial charge in [-0.2, -0.15) is 0 Å². The Balaban J connectivity index is 2.76. The number of allylic oxidation sites excluding steroid dienone is 2. The zero-order chi connectivity index (χ0) is 30.6. The van der Waals surface area contributed by atoms with E-state index in [1.165, 1.54) is 25.7 Å². The van der Waals surface area contributed by atoms with Crippen LogP contribution < -0.4 is 5.73 Å². The Labute approximate surface area is 236 Å². The maximum absolute atomic E-state index is 14.8. The number of rotatable bonds is 3. The van der Waals surface area contributed by atoms with E-state index in [0.717, 1.165) is 0 Å². The predicted molar refractivity (Wildman–Crippen MR) is 139 cm³/mol. The minimum absolute atomic E-state index is 0.102. The summed E-state index contributed by atoms with van der Waals surface area (Å²) in [5.41, 5.74) is -7.26. The van der Waals surface area contributed by atoms with Gasteiger partial charge in [0.05, 0.1) is 0 Å². The Morgan fingerprint density at radius 2 is 1.51 bits per heavy atom. The van der Waals surface area contributed by atoms with Gasteiger partial charge in [-0.25, -0.2) is 0 Å². The van der Waals surface area contributed by atoms with Gasteiger partial charge in [0.1, 0.15) is 0 Å². The molecular formula is C28H37FN2O7V. The molecule has 0 heterocycles. The molecule has 0 aromatic rings. The molecule has 1 saturated carbocycles. The van der Waals surface area contributed by atoms with Gasteiger partial charge in [-0.05, 0) is 0 Å². The number of nitrogens with zero attached hydrogens (tertiary/aromatic N) is 1. The summed E-state index contributed by atoms with van der Waals surface area (Å²) in [6.07, 6.45) is 0.267. The predicted octanol–water partition coefficient (Wildman–Crippen LogP) is 2.80. The molecule has 0 aromatic heterocycles. The Morgan fingerprint density at radius 1 is 1.03 bits per heavy atom. The van der Waals surface area contributed by atoms with Crippen molar-refractivity contribution in [3.8, 4) is 0 Å². The number of halogens is 1. The summed E-state index contributed by atoms with van der Waals surface area (Å²) < 4.78 is 15.1. The normalized spacial score (nSPS) is 38.1. The number of aliphatic hydroxyl groups is 4. The number of carbonyl (C=O) groups excluding carboxylic acids is 3. The van der Waals surface area contributed by atoms with E-state index in [1.807, 2.05) is 0 Å². The zero-order valence-electron chi connectivity index (χ0n) is 23.9. The van der Waals surface area contributed by atoms with Crippen LogP contribution in [0, 0.1) is 21.7 Å². The van der Waals surface area contributed by atoms with E-state index in [9.17, 15) is 39.2 Å². The summed E-state index contributed by atoms with van der Waals surface area (Å²) in [5.74, 6) is -5.96. The molecule has 39 heavy (non-hydrogen) atoms. The molecule has 0 bridgehead atoms. The van der Waals surface area contributed by atoms with Gasteiger partial charge >= 0.3 is 237 Å². The Morgan fingerprint density at radius 3 is 1.90 bits per heavy atom. The van der Waals surface area contributed by atoms with Crippen molar-refractivity contribution < 1.29 is 56.2 Å². The summed E-state index contributed by atoms with van der Waals surface area (Å²) in [5, 5.41) is 46.5. The monoisotopic (exact) mass is 583 g/mol. The van der Waals surface area contributed by atoms with E-state index in [1.54, 1.807) is 48.7 Å². The van der Waals surface area contributed by atoms with Crippen LogP contribution in [-0.4, -0.2) is 72.3 Å². The van der Waals surface area contributed by atoms with E-state index >= 15 is 0 Å². The van der Waals surface area contributed by atoms with E-state index < -0.39 is 78.7 Å². The SMILES string of the molecule is C[C](=[V])C(O)=C1C(=CF)C(C)(C)[C@]2(C)C(=C1O)C(=O)C1(O)C(=O)C(C(N)=O)=C(O)[C@@](C)(N(C)C)[C@]1(C)C2(C)C. The number of ketones is 2. The molecule has 11 heteroatoms. The van der Waals surface area contributed by atoms with Crippen molar-refractivity contribution in [1.82, 2.24) is 4.90 Å². The summed E-state index contributed by atoms with van der Waals surface area (Å²) in [6, 6.07) is 0. The summed E-state index contributed by atoms with van der Waals surface area (Å²) >= 11 is 2.07. The summed E-state index contributed by atoms with van der Waals surface area (Å²) in [6.45, 7) is 12.7. The average Bonchev–Trinajstić information content (AvgIpc) is 2.81. The van der Waals surface area contributed by atoms with Crippen LogP contribution in [0.1, 0.15) is 55.4 Å². The number of nitrogens with two attached hydrogens (primary N) is 1. The zero-order valence-corrected chi connectivity index (χ0v) is 25.3. The second-order valence-electron chi connectivity index (χ2n) is 12.5. The molecule has 6 N–H and O–H groups in total. The molecule has 1 unspecified atom stereocenters. The van der Waals surface area contributed by atoms with Crippen molar-refractivity contribution >= 4 is 21.7 Å². The number of Topliss-reactive ketones (excluding diaryl/α,β-unsaturated/α-hetero) is 2. The van der Waals surface area contributed by atoms with Crippen LogP contribution in [-0.2, 0) is 31.4 Å². The molecule has 3 aliphatic carbocycles. The topological polar surface area (TPSA) is 161 Å². The van der Waals surface area contributed by atoms with Crippen molar-refractivity contribution in [2.45, 2.75) is 66.5 Å². The van der Waals surface area contributed by atoms with Crippen molar-refractivity contribution in [1.29, 1.82) is 0 Å². The number of fused-ring (bicyclic) bond motifs is 2. The second-order valence-corrected chi connectivity index (χ2v) is 13.5. The number of aliphatic hydroxyl groups excluding tert-OH is 3. The minimum atomic E-state index is -3.01. The fourth-order valence-electron chi connectivity index (χ4n) is 7.73. The third-order valence-corrected chi connectivity index (χ3v) is 11.3. The molecular weight excluding hydrogens is 546 g/mol. The Kier molecular flexibility index (Phi) is 6.75. The summed E-state index contributed by atoms with van der Waals surface area (Å²) in [7, 11) is 3.11. The van der Waals surface area contributed by atoms with E-state index in [4.69, 9.17) is 5.73 Å². The van der Waals surface area contributed by atoms with Gasteiger partial charge in [-0.3, -0.25) is 0 Å². The molecule has 4 atom stereocenters. The third kappa shape index (κ3) is 2.93. The van der Waals surface area contributed by atoms with Crippen molar-refractivity contribution in [3.63, 3.8) is 0 Å². The molecule has 0 saturated heterocycles. The van der Waals surface area contributed by atoms with Crippen LogP contribution in [0.5, 0.6) is 0 Å². The molecule has 0 spiro atoms. The number of hydrogen-bond acceptors (Lipinski definition) is 8. The van der Waals surface area contributed by atoms with Crippen molar-refractivity contribution in [2.24, 2.45) is 27.4 Å². The standard InChI is InChI=1S/C28H37FN2O7.V/c1-11-14(32)15-13(12-29)23(2,3)25(6)17(18(15)33)21(36)28(38)20(35)16(22(30)37)19(34)26(7,31(9)10)27(28,8)24(25,4)5;/h12,32-34,38H,1-10H3,(H2,30,37);/t25-,26+,27-,28?;/m0./s1. The van der Waals surface area contributed by atoms with Crippen LogP contribution in [0.15, 0.2) is 45.9 Å². The van der Waals surface area contributed by atoms with Gasteiger partial charge in [-0.1, -0.05) is 0 Å². The van der Waals surface area contributed by atoms with Gasteiger partial charge in [0.15, 0.2) is 0 Å². The Bertz CT molecular complexity index is 1390. The molecule has 1 amide bonds. The van der Waals surface area contributed by atoms with Crippen LogP contribution in [0.25, 0.3) is 0 Å². The third-order valence-electron chi connectivity index (χ3n) is 11.0. The first-order valence-corrected chi connectivity index (χ1v) is 13.1. The van der Waals surface area contributed by atoms with Gasteiger partial charge in [0.2, 0.25) is 0 Å². The second kappa shape index (κ2) is 8.49. The number of likely N-dealkylation sites (N-methyl/N-ethyl adjacent to an activating group) is 1. The van der Waals surface area contributed by atoms with E-state index in [2.05, 4.69) is 17.0 Å². The maximum atomic E-state index is 14.8. The molecule has 0 radical (unpaired) electrons. The molecule has 0 aromatic carbocycles. The van der Waals surface area contributed by atoms with Gasteiger partial charge in [-0.15, -0.1) is 0 Å². The first-order chi connectivity index (χ1) is 17.4. The number of hydrogen-bond donors (Lipinski definition) is 5. The molecule has 3 rings (SSSR count). The van der Waals surface area contributed by atoms with Crippen molar-refractivity contribution in [2.75, 3.05) is 14.1 Å². The van der Waals surface area contributed by atoms with E-state index in [0.29, 0.717) is 0 Å². The van der Waals surface area contributed by atoms with Crippen LogP contribution >= 0.6 is 0 Å². The first-order valence-electron chi connectivity index (χ1n) is 12.4. The molecule has 213 valence electrons. The van der Waals surface area contributed by atoms with Crippen molar-refractivity contribution in [3.05, 3.63) is 45.9 Å². The molecule has 9 nitrogen and oxygen atoms in total. The fraction of sp³-hybridized carbons (Fsp3) is 0.571. The average molecular weight is 584 g/mol. The Hall–Kier alpha value is -2.53. The summed E-state index contributed by atoms with van der Waals surface area (Å²) in [4.78, 5) is 42.6.